The average Bonchev–Trinajstić information content (AvgIpc) is 3.54. The fourth-order valence-electron chi connectivity index (χ4n) is 4.59. The van der Waals surface area contributed by atoms with Crippen LogP contribution in [0.3, 0.4) is 0 Å². The van der Waals surface area contributed by atoms with Crippen molar-refractivity contribution < 1.29 is 19.0 Å². The average molecular weight is 448 g/mol. The molecule has 2 aliphatic heterocycles. The number of halogens is 1. The number of imidazole rings is 1. The molecule has 4 aromatic rings. The van der Waals surface area contributed by atoms with Crippen LogP contribution in [-0.4, -0.2) is 43.8 Å². The lowest BCUT2D eigenvalue weighted by Gasteiger charge is -2.30. The highest BCUT2D eigenvalue weighted by Crippen LogP contribution is 2.36. The number of hydrogen-bond donors (Lipinski definition) is 4. The van der Waals surface area contributed by atoms with Crippen LogP contribution in [0, 0.1) is 5.82 Å². The maximum absolute atomic E-state index is 13.6. The second-order valence-corrected chi connectivity index (χ2v) is 8.35. The molecule has 10 heteroatoms. The van der Waals surface area contributed by atoms with Crippen molar-refractivity contribution in [2.45, 2.75) is 25.0 Å². The van der Waals surface area contributed by atoms with Gasteiger partial charge in [-0.15, -0.1) is 0 Å². The third-order valence-electron chi connectivity index (χ3n) is 6.38. The van der Waals surface area contributed by atoms with Crippen LogP contribution >= 0.6 is 0 Å². The summed E-state index contributed by atoms with van der Waals surface area (Å²) >= 11 is 0. The maximum Gasteiger partial charge on any atom is 0.254 e. The van der Waals surface area contributed by atoms with Gasteiger partial charge in [-0.1, -0.05) is 6.07 Å². The number of carbonyl (C=O) groups excluding carboxylic acids is 1. The number of aromatic amines is 1. The number of nitrogens with one attached hydrogen (secondary N) is 3. The Balaban J connectivity index is 1.36. The first-order valence-electron chi connectivity index (χ1n) is 10.7. The maximum atomic E-state index is 13.6. The molecule has 1 saturated heterocycles. The lowest BCUT2D eigenvalue weighted by atomic mass is 9.91. The van der Waals surface area contributed by atoms with Crippen LogP contribution in [0.25, 0.3) is 16.9 Å². The summed E-state index contributed by atoms with van der Waals surface area (Å²) < 4.78 is 20.7. The zero-order valence-electron chi connectivity index (χ0n) is 17.6. The van der Waals surface area contributed by atoms with Crippen molar-refractivity contribution in [2.24, 2.45) is 0 Å². The third-order valence-corrected chi connectivity index (χ3v) is 6.38. The number of benzene rings is 1. The molecule has 0 aliphatic carbocycles. The van der Waals surface area contributed by atoms with Crippen LogP contribution in [0.5, 0.6) is 0 Å². The van der Waals surface area contributed by atoms with Crippen LogP contribution in [0.15, 0.2) is 42.7 Å². The molecule has 0 radical (unpaired) electrons. The number of anilines is 2. The molecule has 5 heterocycles. The largest absolute Gasteiger partial charge is 0.383 e. The van der Waals surface area contributed by atoms with E-state index in [0.717, 1.165) is 16.8 Å². The zero-order chi connectivity index (χ0) is 22.6. The summed E-state index contributed by atoms with van der Waals surface area (Å²) in [7, 11) is 0. The van der Waals surface area contributed by atoms with Crippen LogP contribution < -0.4 is 10.6 Å². The van der Waals surface area contributed by atoms with Crippen LogP contribution in [0.4, 0.5) is 15.9 Å². The first-order valence-corrected chi connectivity index (χ1v) is 10.7. The van der Waals surface area contributed by atoms with E-state index in [9.17, 15) is 14.3 Å². The van der Waals surface area contributed by atoms with E-state index >= 15 is 0 Å². The van der Waals surface area contributed by atoms with E-state index < -0.39 is 5.60 Å². The topological polar surface area (TPSA) is 117 Å². The number of aliphatic hydroxyl groups is 1. The number of aromatic nitrogens is 4. The Kier molecular flexibility index (Phi) is 4.46. The minimum Gasteiger partial charge on any atom is -0.383 e. The molecule has 168 valence electrons. The molecule has 1 fully saturated rings. The zero-order valence-corrected chi connectivity index (χ0v) is 17.6. The van der Waals surface area contributed by atoms with E-state index in [1.54, 1.807) is 22.9 Å². The first-order chi connectivity index (χ1) is 16.0. The molecule has 0 saturated carbocycles. The molecule has 0 spiro atoms. The first kappa shape index (κ1) is 19.9. The molecular formula is C23H21FN6O3. The smallest absolute Gasteiger partial charge is 0.254 e. The highest BCUT2D eigenvalue weighted by atomic mass is 19.1. The van der Waals surface area contributed by atoms with Crippen molar-refractivity contribution in [3.8, 4) is 11.3 Å². The molecule has 0 atom stereocenters. The van der Waals surface area contributed by atoms with Crippen molar-refractivity contribution in [3.05, 3.63) is 65.4 Å². The minimum absolute atomic E-state index is 0.187. The van der Waals surface area contributed by atoms with Gasteiger partial charge in [0, 0.05) is 56.5 Å². The van der Waals surface area contributed by atoms with Crippen LogP contribution in [-0.2, 0) is 16.9 Å². The summed E-state index contributed by atoms with van der Waals surface area (Å²) in [5.74, 6) is -0.0390. The Morgan fingerprint density at radius 3 is 2.91 bits per heavy atom. The predicted octanol–water partition coefficient (Wildman–Crippen LogP) is 2.85. The quantitative estimate of drug-likeness (QED) is 0.382. The number of amides is 1. The number of hydrogen-bond acceptors (Lipinski definition) is 6. The van der Waals surface area contributed by atoms with Gasteiger partial charge in [0.1, 0.15) is 17.1 Å². The molecule has 0 bridgehead atoms. The predicted molar refractivity (Wildman–Crippen MR) is 118 cm³/mol. The normalized spacial score (nSPS) is 17.2. The number of H-pyrrole nitrogens is 1. The fraction of sp³-hybridized carbons (Fsp3) is 0.261. The van der Waals surface area contributed by atoms with Gasteiger partial charge in [-0.3, -0.25) is 14.3 Å². The number of carbonyl (C=O) groups is 1. The van der Waals surface area contributed by atoms with E-state index in [-0.39, 0.29) is 11.7 Å². The number of rotatable bonds is 4. The van der Waals surface area contributed by atoms with Crippen LogP contribution in [0.1, 0.15) is 34.5 Å². The molecular weight excluding hydrogens is 427 g/mol. The standard InChI is InChI=1S/C23H21FN6O3/c24-13-3-6-30-17(12-25-20(30)9-13)14-1-2-16(21-15(14)11-26-22(21)31)27-19-10-18(28-29-19)23(32)4-7-33-8-5-23/h1-3,6,9-10,12,32H,4-5,7-8,11H2,(H,26,31)(H2,27,28,29). The van der Waals surface area contributed by atoms with Gasteiger partial charge in [-0.05, 0) is 17.7 Å². The van der Waals surface area contributed by atoms with Crippen LogP contribution in [0.2, 0.25) is 0 Å². The lowest BCUT2D eigenvalue weighted by molar-refractivity contribution is -0.0705. The summed E-state index contributed by atoms with van der Waals surface area (Å²) in [5, 5.41) is 24.2. The van der Waals surface area contributed by atoms with Gasteiger partial charge in [0.25, 0.3) is 5.91 Å². The Morgan fingerprint density at radius 2 is 2.06 bits per heavy atom. The SMILES string of the molecule is O=C1NCc2c(-c3cnc4cc(F)ccn34)ccc(Nc3cc(C4(O)CCOCC4)[nH]n3)c21. The Labute approximate surface area is 187 Å². The van der Waals surface area contributed by atoms with E-state index in [2.05, 4.69) is 25.8 Å². The number of nitrogens with zero attached hydrogens (tertiary/aromatic N) is 3. The van der Waals surface area contributed by atoms with E-state index in [1.165, 1.54) is 12.1 Å². The highest BCUT2D eigenvalue weighted by molar-refractivity contribution is 6.06. The van der Waals surface area contributed by atoms with Gasteiger partial charge in [-0.2, -0.15) is 5.10 Å². The van der Waals surface area contributed by atoms with Crippen molar-refractivity contribution >= 4 is 23.1 Å². The minimum atomic E-state index is -1.00. The summed E-state index contributed by atoms with van der Waals surface area (Å²) in [6, 6.07) is 8.23. The molecule has 9 nitrogen and oxygen atoms in total. The monoisotopic (exact) mass is 448 g/mol. The molecule has 4 N–H and O–H groups in total. The van der Waals surface area contributed by atoms with Gasteiger partial charge in [0.05, 0.1) is 28.8 Å². The van der Waals surface area contributed by atoms with Crippen molar-refractivity contribution in [3.63, 3.8) is 0 Å². The molecule has 1 amide bonds. The molecule has 2 aliphatic rings. The van der Waals surface area contributed by atoms with Crippen molar-refractivity contribution in [1.82, 2.24) is 24.9 Å². The number of ether oxygens (including phenoxy) is 1. The molecule has 33 heavy (non-hydrogen) atoms. The summed E-state index contributed by atoms with van der Waals surface area (Å²) in [5.41, 5.74) is 3.68. The van der Waals surface area contributed by atoms with E-state index in [0.29, 0.717) is 61.0 Å². The van der Waals surface area contributed by atoms with Gasteiger partial charge >= 0.3 is 0 Å². The van der Waals surface area contributed by atoms with Gasteiger partial charge < -0.3 is 20.5 Å². The number of pyridine rings is 1. The van der Waals surface area contributed by atoms with Crippen molar-refractivity contribution in [2.75, 3.05) is 18.5 Å². The molecule has 0 unspecified atom stereocenters. The van der Waals surface area contributed by atoms with Gasteiger partial charge in [-0.25, -0.2) is 9.37 Å². The van der Waals surface area contributed by atoms with Gasteiger partial charge in [0.2, 0.25) is 0 Å². The molecule has 1 aromatic carbocycles. The highest BCUT2D eigenvalue weighted by Gasteiger charge is 2.34. The van der Waals surface area contributed by atoms with E-state index in [1.807, 2.05) is 12.1 Å². The second kappa shape index (κ2) is 7.39. The van der Waals surface area contributed by atoms with Crippen molar-refractivity contribution in [1.29, 1.82) is 0 Å². The van der Waals surface area contributed by atoms with E-state index in [4.69, 9.17) is 4.74 Å². The Bertz CT molecular complexity index is 1390. The summed E-state index contributed by atoms with van der Waals surface area (Å²) in [6.45, 7) is 1.35. The number of fused-ring (bicyclic) bond motifs is 2. The fourth-order valence-corrected chi connectivity index (χ4v) is 4.59. The Morgan fingerprint density at radius 1 is 1.21 bits per heavy atom. The van der Waals surface area contributed by atoms with Gasteiger partial charge in [0.15, 0.2) is 5.82 Å². The summed E-state index contributed by atoms with van der Waals surface area (Å²) in [4.78, 5) is 17.0. The summed E-state index contributed by atoms with van der Waals surface area (Å²) in [6.07, 6.45) is 4.28. The molecule has 3 aromatic heterocycles. The lowest BCUT2D eigenvalue weighted by Crippen LogP contribution is -2.33. The third kappa shape index (κ3) is 3.26. The second-order valence-electron chi connectivity index (χ2n) is 8.35. The molecule has 6 rings (SSSR count). The Hall–Kier alpha value is -3.76.